The molecule has 1 aliphatic heterocycles. The van der Waals surface area contributed by atoms with Crippen LogP contribution in [0.4, 0.5) is 0 Å². The van der Waals surface area contributed by atoms with Gasteiger partial charge in [-0.25, -0.2) is 0 Å². The minimum atomic E-state index is -0.893. The summed E-state index contributed by atoms with van der Waals surface area (Å²) in [6.45, 7) is 5.41. The minimum Gasteiger partial charge on any atom is -0.477 e. The Morgan fingerprint density at radius 2 is 1.96 bits per heavy atom. The largest absolute Gasteiger partial charge is 0.477 e. The lowest BCUT2D eigenvalue weighted by atomic mass is 9.90. The first kappa shape index (κ1) is 18.7. The molecule has 1 atom stereocenters. The molecule has 0 saturated carbocycles. The Balaban J connectivity index is 1.79. The Morgan fingerprint density at radius 1 is 1.27 bits per heavy atom. The van der Waals surface area contributed by atoms with Crippen molar-refractivity contribution in [2.24, 2.45) is 0 Å². The number of carbonyl (C=O) groups excluding carboxylic acids is 1. The third-order valence-corrected chi connectivity index (χ3v) is 5.01. The summed E-state index contributed by atoms with van der Waals surface area (Å²) in [6.07, 6.45) is 2.96. The number of amides is 1. The summed E-state index contributed by atoms with van der Waals surface area (Å²) in [5.41, 5.74) is 1.03. The second kappa shape index (κ2) is 8.06. The van der Waals surface area contributed by atoms with E-state index in [0.29, 0.717) is 23.6 Å². The third kappa shape index (κ3) is 4.17. The number of ether oxygens (including phenoxy) is 1. The zero-order valence-corrected chi connectivity index (χ0v) is 15.8. The lowest BCUT2D eigenvalue weighted by Gasteiger charge is -2.37. The molecule has 5 nitrogen and oxygen atoms in total. The van der Waals surface area contributed by atoms with E-state index in [4.69, 9.17) is 16.3 Å². The van der Waals surface area contributed by atoms with Crippen LogP contribution in [0, 0.1) is 6.92 Å². The number of benzene rings is 1. The highest BCUT2D eigenvalue weighted by Crippen LogP contribution is 2.29. The Labute approximate surface area is 159 Å². The molecule has 0 radical (unpaired) electrons. The van der Waals surface area contributed by atoms with Crippen LogP contribution in [0.1, 0.15) is 37.1 Å². The van der Waals surface area contributed by atoms with Crippen LogP contribution in [0.5, 0.6) is 5.75 Å². The Bertz CT molecular complexity index is 758. The van der Waals surface area contributed by atoms with E-state index in [1.54, 1.807) is 30.5 Å². The molecule has 1 aliphatic rings. The molecule has 26 heavy (non-hydrogen) atoms. The van der Waals surface area contributed by atoms with E-state index in [-0.39, 0.29) is 11.9 Å². The molecule has 1 saturated heterocycles. The fourth-order valence-electron chi connectivity index (χ4n) is 3.28. The number of rotatable bonds is 5. The second-order valence-corrected chi connectivity index (χ2v) is 7.14. The molecule has 6 heteroatoms. The maximum Gasteiger partial charge on any atom is 0.264 e. The first-order chi connectivity index (χ1) is 12.5. The van der Waals surface area contributed by atoms with Crippen molar-refractivity contribution in [2.75, 3.05) is 13.1 Å². The maximum absolute atomic E-state index is 13.2. The number of piperidine rings is 1. The first-order valence-corrected chi connectivity index (χ1v) is 9.26. The standard InChI is InChI=1S/C20H24ClN3O2/c1-14-4-3-11-23-18(14)15(2)24-19(25)20(9-12-22-13-10-20)26-17-7-5-16(21)6-8-17/h3-8,11,15,22H,9-10,12-13H2,1-2H3,(H,24,25). The van der Waals surface area contributed by atoms with Gasteiger partial charge in [0.15, 0.2) is 5.60 Å². The molecule has 2 N–H and O–H groups in total. The third-order valence-electron chi connectivity index (χ3n) is 4.76. The number of aryl methyl sites for hydroxylation is 1. The van der Waals surface area contributed by atoms with Crippen LogP contribution in [0.15, 0.2) is 42.6 Å². The molecule has 138 valence electrons. The lowest BCUT2D eigenvalue weighted by molar-refractivity contribution is -0.140. The van der Waals surface area contributed by atoms with Crippen molar-refractivity contribution in [1.82, 2.24) is 15.6 Å². The summed E-state index contributed by atoms with van der Waals surface area (Å²) in [5.74, 6) is 0.541. The van der Waals surface area contributed by atoms with E-state index < -0.39 is 5.60 Å². The van der Waals surface area contributed by atoms with Crippen LogP contribution < -0.4 is 15.4 Å². The van der Waals surface area contributed by atoms with Crippen molar-refractivity contribution < 1.29 is 9.53 Å². The average Bonchev–Trinajstić information content (AvgIpc) is 2.64. The SMILES string of the molecule is Cc1cccnc1C(C)NC(=O)C1(Oc2ccc(Cl)cc2)CCNCC1. The molecular formula is C20H24ClN3O2. The van der Waals surface area contributed by atoms with Gasteiger partial charge in [-0.1, -0.05) is 17.7 Å². The molecule has 1 aromatic heterocycles. The number of nitrogens with one attached hydrogen (secondary N) is 2. The number of nitrogens with zero attached hydrogens (tertiary/aromatic N) is 1. The van der Waals surface area contributed by atoms with Crippen LogP contribution in [-0.4, -0.2) is 29.6 Å². The summed E-state index contributed by atoms with van der Waals surface area (Å²) in [4.78, 5) is 17.6. The summed E-state index contributed by atoms with van der Waals surface area (Å²) >= 11 is 5.95. The smallest absolute Gasteiger partial charge is 0.264 e. The Hall–Kier alpha value is -2.11. The van der Waals surface area contributed by atoms with Gasteiger partial charge in [-0.05, 0) is 62.8 Å². The summed E-state index contributed by atoms with van der Waals surface area (Å²) in [7, 11) is 0. The molecule has 3 rings (SSSR count). The molecule has 2 aromatic rings. The Kier molecular flexibility index (Phi) is 5.79. The van der Waals surface area contributed by atoms with Gasteiger partial charge in [-0.2, -0.15) is 0 Å². The van der Waals surface area contributed by atoms with Gasteiger partial charge in [-0.15, -0.1) is 0 Å². The van der Waals surface area contributed by atoms with E-state index >= 15 is 0 Å². The van der Waals surface area contributed by atoms with Crippen molar-refractivity contribution >= 4 is 17.5 Å². The average molecular weight is 374 g/mol. The van der Waals surface area contributed by atoms with Gasteiger partial charge >= 0.3 is 0 Å². The van der Waals surface area contributed by atoms with E-state index in [9.17, 15) is 4.79 Å². The zero-order chi connectivity index (χ0) is 18.6. The zero-order valence-electron chi connectivity index (χ0n) is 15.1. The topological polar surface area (TPSA) is 63.2 Å². The van der Waals surface area contributed by atoms with Gasteiger partial charge in [0.05, 0.1) is 11.7 Å². The molecule has 1 fully saturated rings. The van der Waals surface area contributed by atoms with Gasteiger partial charge in [-0.3, -0.25) is 9.78 Å². The molecule has 0 bridgehead atoms. The monoisotopic (exact) mass is 373 g/mol. The fraction of sp³-hybridized carbons (Fsp3) is 0.400. The number of pyridine rings is 1. The van der Waals surface area contributed by atoms with Crippen molar-refractivity contribution in [3.8, 4) is 5.75 Å². The summed E-state index contributed by atoms with van der Waals surface area (Å²) in [5, 5.41) is 7.03. The first-order valence-electron chi connectivity index (χ1n) is 8.88. The van der Waals surface area contributed by atoms with Gasteiger partial charge < -0.3 is 15.4 Å². The van der Waals surface area contributed by atoms with Crippen molar-refractivity contribution in [2.45, 2.75) is 38.3 Å². The maximum atomic E-state index is 13.2. The van der Waals surface area contributed by atoms with Crippen molar-refractivity contribution in [3.63, 3.8) is 0 Å². The fourth-order valence-corrected chi connectivity index (χ4v) is 3.41. The molecule has 1 aromatic carbocycles. The number of halogens is 1. The van der Waals surface area contributed by atoms with Crippen molar-refractivity contribution in [1.29, 1.82) is 0 Å². The number of carbonyl (C=O) groups is 1. The van der Waals surface area contributed by atoms with Gasteiger partial charge in [0.25, 0.3) is 5.91 Å². The molecule has 0 aliphatic carbocycles. The van der Waals surface area contributed by atoms with Crippen LogP contribution in [-0.2, 0) is 4.79 Å². The predicted molar refractivity (Wildman–Crippen MR) is 102 cm³/mol. The highest BCUT2D eigenvalue weighted by Gasteiger charge is 2.42. The van der Waals surface area contributed by atoms with E-state index in [2.05, 4.69) is 15.6 Å². The summed E-state index contributed by atoms with van der Waals surface area (Å²) < 4.78 is 6.20. The molecule has 1 amide bonds. The highest BCUT2D eigenvalue weighted by molar-refractivity contribution is 6.30. The van der Waals surface area contributed by atoms with Gasteiger partial charge in [0, 0.05) is 24.1 Å². The van der Waals surface area contributed by atoms with Crippen LogP contribution in [0.3, 0.4) is 0 Å². The van der Waals surface area contributed by atoms with Crippen LogP contribution in [0.25, 0.3) is 0 Å². The van der Waals surface area contributed by atoms with E-state index in [1.807, 2.05) is 26.0 Å². The normalized spacial score (nSPS) is 17.3. The van der Waals surface area contributed by atoms with E-state index in [1.165, 1.54) is 0 Å². The Morgan fingerprint density at radius 3 is 2.62 bits per heavy atom. The number of hydrogen-bond donors (Lipinski definition) is 2. The number of hydrogen-bond acceptors (Lipinski definition) is 4. The van der Waals surface area contributed by atoms with Crippen LogP contribution >= 0.6 is 11.6 Å². The molecule has 0 spiro atoms. The highest BCUT2D eigenvalue weighted by atomic mass is 35.5. The van der Waals surface area contributed by atoms with E-state index in [0.717, 1.165) is 24.3 Å². The number of aromatic nitrogens is 1. The van der Waals surface area contributed by atoms with Gasteiger partial charge in [0.2, 0.25) is 0 Å². The van der Waals surface area contributed by atoms with Crippen molar-refractivity contribution in [3.05, 3.63) is 58.9 Å². The molecule has 1 unspecified atom stereocenters. The van der Waals surface area contributed by atoms with Crippen LogP contribution in [0.2, 0.25) is 5.02 Å². The van der Waals surface area contributed by atoms with Gasteiger partial charge in [0.1, 0.15) is 5.75 Å². The second-order valence-electron chi connectivity index (χ2n) is 6.70. The molecular weight excluding hydrogens is 350 g/mol. The summed E-state index contributed by atoms with van der Waals surface area (Å²) in [6, 6.07) is 10.8. The molecule has 2 heterocycles. The quantitative estimate of drug-likeness (QED) is 0.842. The minimum absolute atomic E-state index is 0.105. The predicted octanol–water partition coefficient (Wildman–Crippen LogP) is 3.42. The lowest BCUT2D eigenvalue weighted by Crippen LogP contribution is -2.57.